The molecule has 0 saturated carbocycles. The molecule has 7 nitrogen and oxygen atoms in total. The Bertz CT molecular complexity index is 1090. The molecule has 1 aliphatic rings. The number of nitrogens with zero attached hydrogens (tertiary/aromatic N) is 2. The average Bonchev–Trinajstić information content (AvgIpc) is 2.78. The predicted molar refractivity (Wildman–Crippen MR) is 119 cm³/mol. The Morgan fingerprint density at radius 2 is 1.68 bits per heavy atom. The minimum absolute atomic E-state index is 0.134. The van der Waals surface area contributed by atoms with Crippen LogP contribution in [0.4, 0.5) is 0 Å². The van der Waals surface area contributed by atoms with Crippen LogP contribution in [0, 0.1) is 13.8 Å². The van der Waals surface area contributed by atoms with Crippen molar-refractivity contribution in [3.63, 3.8) is 0 Å². The number of nitrogens with one attached hydrogen (secondary N) is 1. The van der Waals surface area contributed by atoms with Gasteiger partial charge in [-0.3, -0.25) is 9.59 Å². The second-order valence-corrected chi connectivity index (χ2v) is 9.49. The van der Waals surface area contributed by atoms with Gasteiger partial charge in [-0.15, -0.1) is 0 Å². The van der Waals surface area contributed by atoms with Crippen LogP contribution in [0.2, 0.25) is 0 Å². The van der Waals surface area contributed by atoms with Gasteiger partial charge < -0.3 is 10.2 Å². The van der Waals surface area contributed by atoms with Gasteiger partial charge in [-0.2, -0.15) is 4.31 Å². The Balaban J connectivity index is 1.62. The van der Waals surface area contributed by atoms with E-state index >= 15 is 0 Å². The number of benzene rings is 2. The lowest BCUT2D eigenvalue weighted by atomic mass is 10.1. The van der Waals surface area contributed by atoms with E-state index in [1.165, 1.54) is 10.4 Å². The molecule has 0 unspecified atom stereocenters. The molecule has 1 N–H and O–H groups in total. The van der Waals surface area contributed by atoms with E-state index in [2.05, 4.69) is 11.9 Å². The zero-order valence-corrected chi connectivity index (χ0v) is 18.6. The predicted octanol–water partition coefficient (Wildman–Crippen LogP) is 2.25. The van der Waals surface area contributed by atoms with Crippen LogP contribution in [0.1, 0.15) is 27.0 Å². The zero-order valence-electron chi connectivity index (χ0n) is 17.8. The Kier molecular flexibility index (Phi) is 6.92. The van der Waals surface area contributed by atoms with Gasteiger partial charge in [-0.05, 0) is 54.8 Å². The number of hydrogen-bond donors (Lipinski definition) is 1. The van der Waals surface area contributed by atoms with Crippen LogP contribution in [-0.4, -0.2) is 55.6 Å². The number of amides is 2. The average molecular weight is 442 g/mol. The Morgan fingerprint density at radius 3 is 2.29 bits per heavy atom. The molecule has 1 saturated heterocycles. The van der Waals surface area contributed by atoms with E-state index < -0.39 is 10.0 Å². The minimum atomic E-state index is -3.60. The van der Waals surface area contributed by atoms with Gasteiger partial charge in [0.15, 0.2) is 0 Å². The summed E-state index contributed by atoms with van der Waals surface area (Å²) in [5.74, 6) is -0.390. The van der Waals surface area contributed by atoms with Gasteiger partial charge in [-0.25, -0.2) is 8.42 Å². The summed E-state index contributed by atoms with van der Waals surface area (Å²) in [5.41, 5.74) is 3.01. The Morgan fingerprint density at radius 1 is 1.03 bits per heavy atom. The number of piperazine rings is 1. The molecule has 1 fully saturated rings. The molecule has 0 aliphatic carbocycles. The van der Waals surface area contributed by atoms with E-state index in [9.17, 15) is 18.0 Å². The second kappa shape index (κ2) is 9.45. The molecular formula is C23H27N3O4S. The van der Waals surface area contributed by atoms with Crippen LogP contribution in [0.3, 0.4) is 0 Å². The SMILES string of the molecule is C=CC(=O)NCc1ccc(C(=O)N2CCN(S(=O)(=O)c3cc(C)ccc3C)CC2)cc1. The standard InChI is InChI=1S/C23H27N3O4S/c1-4-22(27)24-16-19-7-9-20(10-8-19)23(28)25-11-13-26(14-12-25)31(29,30)21-15-17(2)5-6-18(21)3/h4-10,15H,1,11-14,16H2,2-3H3,(H,24,27). The summed E-state index contributed by atoms with van der Waals surface area (Å²) < 4.78 is 27.6. The number of carbonyl (C=O) groups excluding carboxylic acids is 2. The minimum Gasteiger partial charge on any atom is -0.348 e. The van der Waals surface area contributed by atoms with Crippen LogP contribution < -0.4 is 5.32 Å². The smallest absolute Gasteiger partial charge is 0.253 e. The van der Waals surface area contributed by atoms with Crippen molar-refractivity contribution in [2.24, 2.45) is 0 Å². The summed E-state index contributed by atoms with van der Waals surface area (Å²) in [6, 6.07) is 12.4. The summed E-state index contributed by atoms with van der Waals surface area (Å²) in [6.45, 7) is 8.60. The van der Waals surface area contributed by atoms with Crippen LogP contribution >= 0.6 is 0 Å². The van der Waals surface area contributed by atoms with Crippen molar-refractivity contribution in [1.82, 2.24) is 14.5 Å². The fourth-order valence-corrected chi connectivity index (χ4v) is 5.20. The molecular weight excluding hydrogens is 414 g/mol. The fourth-order valence-electron chi connectivity index (χ4n) is 3.46. The van der Waals surface area contributed by atoms with E-state index in [0.717, 1.165) is 11.1 Å². The molecule has 3 rings (SSSR count). The molecule has 0 bridgehead atoms. The van der Waals surface area contributed by atoms with E-state index in [-0.39, 0.29) is 24.9 Å². The van der Waals surface area contributed by atoms with Crippen molar-refractivity contribution < 1.29 is 18.0 Å². The highest BCUT2D eigenvalue weighted by Crippen LogP contribution is 2.23. The molecule has 1 aliphatic heterocycles. The molecule has 8 heteroatoms. The van der Waals surface area contributed by atoms with Crippen molar-refractivity contribution in [3.8, 4) is 0 Å². The number of hydrogen-bond acceptors (Lipinski definition) is 4. The van der Waals surface area contributed by atoms with E-state index in [1.54, 1.807) is 42.2 Å². The highest BCUT2D eigenvalue weighted by Gasteiger charge is 2.31. The number of carbonyl (C=O) groups is 2. The maximum Gasteiger partial charge on any atom is 0.253 e. The first-order valence-corrected chi connectivity index (χ1v) is 11.5. The van der Waals surface area contributed by atoms with Gasteiger partial charge in [0.1, 0.15) is 0 Å². The number of rotatable bonds is 6. The highest BCUT2D eigenvalue weighted by molar-refractivity contribution is 7.89. The third kappa shape index (κ3) is 5.21. The number of aryl methyl sites for hydroxylation is 2. The first-order valence-electron chi connectivity index (χ1n) is 10.1. The largest absolute Gasteiger partial charge is 0.348 e. The van der Waals surface area contributed by atoms with Gasteiger partial charge in [0.05, 0.1) is 4.90 Å². The molecule has 0 spiro atoms. The zero-order chi connectivity index (χ0) is 22.6. The van der Waals surface area contributed by atoms with Crippen molar-refractivity contribution >= 4 is 21.8 Å². The maximum absolute atomic E-state index is 13.1. The maximum atomic E-state index is 13.1. The molecule has 164 valence electrons. The van der Waals surface area contributed by atoms with Gasteiger partial charge in [0, 0.05) is 38.3 Å². The van der Waals surface area contributed by atoms with Gasteiger partial charge in [0.25, 0.3) is 5.91 Å². The molecule has 0 radical (unpaired) electrons. The van der Waals surface area contributed by atoms with E-state index in [1.807, 2.05) is 19.1 Å². The molecule has 0 aromatic heterocycles. The second-order valence-electron chi connectivity index (χ2n) is 7.58. The molecule has 2 aromatic carbocycles. The monoisotopic (exact) mass is 441 g/mol. The first-order chi connectivity index (χ1) is 14.7. The van der Waals surface area contributed by atoms with Crippen molar-refractivity contribution in [1.29, 1.82) is 0 Å². The lowest BCUT2D eigenvalue weighted by Crippen LogP contribution is -2.50. The van der Waals surface area contributed by atoms with Crippen LogP contribution in [0.15, 0.2) is 60.0 Å². The lowest BCUT2D eigenvalue weighted by molar-refractivity contribution is -0.116. The van der Waals surface area contributed by atoms with Crippen LogP contribution in [-0.2, 0) is 21.4 Å². The Hall–Kier alpha value is -2.97. The fraction of sp³-hybridized carbons (Fsp3) is 0.304. The third-order valence-electron chi connectivity index (χ3n) is 5.34. The topological polar surface area (TPSA) is 86.8 Å². The summed E-state index contributed by atoms with van der Waals surface area (Å²) in [7, 11) is -3.60. The van der Waals surface area contributed by atoms with Crippen molar-refractivity contribution in [2.75, 3.05) is 26.2 Å². The highest BCUT2D eigenvalue weighted by atomic mass is 32.2. The first kappa shape index (κ1) is 22.7. The quantitative estimate of drug-likeness (QED) is 0.697. The van der Waals surface area contributed by atoms with Gasteiger partial charge in [-0.1, -0.05) is 30.8 Å². The van der Waals surface area contributed by atoms with Crippen LogP contribution in [0.25, 0.3) is 0 Å². The number of sulfonamides is 1. The molecule has 1 heterocycles. The molecule has 31 heavy (non-hydrogen) atoms. The van der Waals surface area contributed by atoms with Crippen molar-refractivity contribution in [3.05, 3.63) is 77.4 Å². The lowest BCUT2D eigenvalue weighted by Gasteiger charge is -2.34. The molecule has 2 amide bonds. The molecule has 0 atom stereocenters. The third-order valence-corrected chi connectivity index (χ3v) is 7.38. The summed E-state index contributed by atoms with van der Waals surface area (Å²) in [6.07, 6.45) is 1.21. The van der Waals surface area contributed by atoms with Gasteiger partial charge >= 0.3 is 0 Å². The van der Waals surface area contributed by atoms with E-state index in [0.29, 0.717) is 35.7 Å². The van der Waals surface area contributed by atoms with Crippen LogP contribution in [0.5, 0.6) is 0 Å². The summed E-state index contributed by atoms with van der Waals surface area (Å²) in [4.78, 5) is 26.1. The molecule has 2 aromatic rings. The summed E-state index contributed by atoms with van der Waals surface area (Å²) >= 11 is 0. The normalized spacial score (nSPS) is 14.8. The van der Waals surface area contributed by atoms with Gasteiger partial charge in [0.2, 0.25) is 15.9 Å². The van der Waals surface area contributed by atoms with Crippen molar-refractivity contribution in [2.45, 2.75) is 25.3 Å². The van der Waals surface area contributed by atoms with E-state index in [4.69, 9.17) is 0 Å². The summed E-state index contributed by atoms with van der Waals surface area (Å²) in [5, 5.41) is 2.69. The Labute approximate surface area is 183 Å².